The molecule has 0 unspecified atom stereocenters. The van der Waals surface area contributed by atoms with Gasteiger partial charge in [-0.05, 0) is 67.4 Å². The van der Waals surface area contributed by atoms with Crippen LogP contribution in [0.4, 0.5) is 0 Å². The van der Waals surface area contributed by atoms with E-state index in [-0.39, 0.29) is 11.3 Å². The predicted molar refractivity (Wildman–Crippen MR) is 104 cm³/mol. The smallest absolute Gasteiger partial charge is 0.225 e. The third-order valence-corrected chi connectivity index (χ3v) is 7.47. The molecular formula is C23H30N2O2. The Hall–Kier alpha value is -1.84. The maximum Gasteiger partial charge on any atom is 0.225 e. The normalized spacial score (nSPS) is 26.5. The van der Waals surface area contributed by atoms with E-state index in [0.29, 0.717) is 30.2 Å². The summed E-state index contributed by atoms with van der Waals surface area (Å²) in [7, 11) is 0. The van der Waals surface area contributed by atoms with Gasteiger partial charge >= 0.3 is 0 Å². The fraction of sp³-hybridized carbons (Fsp3) is 0.652. The summed E-state index contributed by atoms with van der Waals surface area (Å²) < 4.78 is 0. The van der Waals surface area contributed by atoms with E-state index in [9.17, 15) is 9.59 Å². The fourth-order valence-electron chi connectivity index (χ4n) is 5.49. The van der Waals surface area contributed by atoms with Gasteiger partial charge in [0, 0.05) is 31.5 Å². The van der Waals surface area contributed by atoms with E-state index < -0.39 is 0 Å². The molecule has 4 heteroatoms. The van der Waals surface area contributed by atoms with E-state index in [2.05, 4.69) is 34.5 Å². The highest BCUT2D eigenvalue weighted by atomic mass is 16.2. The second-order valence-electron chi connectivity index (χ2n) is 9.27. The molecule has 1 heterocycles. The highest BCUT2D eigenvalue weighted by Crippen LogP contribution is 2.52. The number of likely N-dealkylation sites (tertiary alicyclic amines) is 1. The second-order valence-corrected chi connectivity index (χ2v) is 9.27. The van der Waals surface area contributed by atoms with Crippen LogP contribution in [0.5, 0.6) is 0 Å². The zero-order valence-electron chi connectivity index (χ0n) is 16.1. The minimum atomic E-state index is 0.164. The molecule has 1 aliphatic heterocycles. The lowest BCUT2D eigenvalue weighted by Gasteiger charge is -2.42. The van der Waals surface area contributed by atoms with Crippen molar-refractivity contribution in [3.05, 3.63) is 35.4 Å². The second kappa shape index (κ2) is 6.65. The van der Waals surface area contributed by atoms with Gasteiger partial charge in [-0.1, -0.05) is 30.7 Å². The Morgan fingerprint density at radius 3 is 2.48 bits per heavy atom. The van der Waals surface area contributed by atoms with Gasteiger partial charge in [0.1, 0.15) is 0 Å². The average molecular weight is 367 g/mol. The third-order valence-electron chi connectivity index (χ3n) is 7.47. The molecule has 1 spiro atoms. The van der Waals surface area contributed by atoms with Gasteiger partial charge in [0.05, 0.1) is 0 Å². The lowest BCUT2D eigenvalue weighted by Crippen LogP contribution is -2.47. The van der Waals surface area contributed by atoms with Crippen LogP contribution in [0.25, 0.3) is 0 Å². The number of hydrogen-bond donors (Lipinski definition) is 1. The minimum Gasteiger partial charge on any atom is -0.353 e. The van der Waals surface area contributed by atoms with Crippen LogP contribution >= 0.6 is 0 Å². The molecule has 1 aromatic carbocycles. The Kier molecular flexibility index (Phi) is 4.25. The summed E-state index contributed by atoms with van der Waals surface area (Å²) in [6.45, 7) is 1.76. The van der Waals surface area contributed by atoms with Crippen molar-refractivity contribution in [2.75, 3.05) is 13.1 Å². The Bertz CT molecular complexity index is 743. The number of nitrogens with one attached hydrogen (secondary N) is 1. The number of carbonyl (C=O) groups excluding carboxylic acids is 2. The van der Waals surface area contributed by atoms with Crippen LogP contribution in [0.3, 0.4) is 0 Å². The summed E-state index contributed by atoms with van der Waals surface area (Å²) >= 11 is 0. The van der Waals surface area contributed by atoms with E-state index in [1.54, 1.807) is 0 Å². The first-order valence-electron chi connectivity index (χ1n) is 10.8. The van der Waals surface area contributed by atoms with Crippen LogP contribution < -0.4 is 5.32 Å². The molecule has 2 amide bonds. The molecule has 1 atom stereocenters. The number of hydrogen-bond acceptors (Lipinski definition) is 2. The summed E-state index contributed by atoms with van der Waals surface area (Å²) in [5, 5.41) is 3.16. The van der Waals surface area contributed by atoms with Crippen molar-refractivity contribution >= 4 is 11.8 Å². The van der Waals surface area contributed by atoms with Crippen LogP contribution in [0.2, 0.25) is 0 Å². The molecular weight excluding hydrogens is 336 g/mol. The zero-order chi connectivity index (χ0) is 18.4. The van der Waals surface area contributed by atoms with Crippen LogP contribution in [-0.4, -0.2) is 35.8 Å². The first-order chi connectivity index (χ1) is 13.1. The number of nitrogens with zero attached hydrogens (tertiary/aromatic N) is 1. The lowest BCUT2D eigenvalue weighted by atomic mass is 9.72. The third kappa shape index (κ3) is 3.17. The molecule has 1 aromatic rings. The molecule has 4 nitrogen and oxygen atoms in total. The molecule has 0 aromatic heterocycles. The molecule has 0 radical (unpaired) electrons. The highest BCUT2D eigenvalue weighted by molar-refractivity contribution is 5.80. The Morgan fingerprint density at radius 1 is 1.07 bits per heavy atom. The Morgan fingerprint density at radius 2 is 1.81 bits per heavy atom. The number of rotatable bonds is 4. The highest BCUT2D eigenvalue weighted by Gasteiger charge is 2.46. The maximum atomic E-state index is 12.6. The largest absolute Gasteiger partial charge is 0.353 e. The van der Waals surface area contributed by atoms with Crippen LogP contribution in [-0.2, 0) is 15.0 Å². The molecule has 4 aliphatic rings. The van der Waals surface area contributed by atoms with Gasteiger partial charge < -0.3 is 10.2 Å². The van der Waals surface area contributed by atoms with Crippen molar-refractivity contribution in [2.45, 2.75) is 75.2 Å². The van der Waals surface area contributed by atoms with Crippen LogP contribution in [0.1, 0.15) is 74.8 Å². The van der Waals surface area contributed by atoms with Crippen molar-refractivity contribution in [1.29, 1.82) is 0 Å². The van der Waals surface area contributed by atoms with Gasteiger partial charge in [-0.15, -0.1) is 0 Å². The van der Waals surface area contributed by atoms with Gasteiger partial charge in [-0.2, -0.15) is 0 Å². The van der Waals surface area contributed by atoms with Crippen molar-refractivity contribution in [3.8, 4) is 0 Å². The number of piperidine rings is 1. The number of fused-ring (bicyclic) bond motifs is 2. The quantitative estimate of drug-likeness (QED) is 0.887. The standard InChI is InChI=1S/C23H30N2O2/c26-21(24-18-8-9-18)14-17-15-23(20-7-2-1-6-19(17)20)10-12-25(13-11-23)22(27)16-4-3-5-16/h1-2,6-7,16-18H,3-5,8-15H2,(H,24,26)/t17-/m1/s1. The van der Waals surface area contributed by atoms with E-state index in [0.717, 1.165) is 58.0 Å². The van der Waals surface area contributed by atoms with E-state index >= 15 is 0 Å². The first kappa shape index (κ1) is 17.3. The SMILES string of the molecule is O=C(C[C@@H]1CC2(CCN(C(=O)C3CCC3)CC2)c2ccccc21)NC1CC1. The summed E-state index contributed by atoms with van der Waals surface area (Å²) in [6.07, 6.45) is 9.43. The summed E-state index contributed by atoms with van der Waals surface area (Å²) in [4.78, 5) is 27.2. The molecule has 144 valence electrons. The van der Waals surface area contributed by atoms with Gasteiger partial charge in [-0.3, -0.25) is 9.59 Å². The number of amides is 2. The average Bonchev–Trinajstić information content (AvgIpc) is 3.39. The lowest BCUT2D eigenvalue weighted by molar-refractivity contribution is -0.139. The van der Waals surface area contributed by atoms with Crippen molar-refractivity contribution in [2.24, 2.45) is 5.92 Å². The van der Waals surface area contributed by atoms with Crippen molar-refractivity contribution in [1.82, 2.24) is 10.2 Å². The topological polar surface area (TPSA) is 49.4 Å². The fourth-order valence-corrected chi connectivity index (χ4v) is 5.49. The van der Waals surface area contributed by atoms with Crippen molar-refractivity contribution in [3.63, 3.8) is 0 Å². The number of benzene rings is 1. The summed E-state index contributed by atoms with van der Waals surface area (Å²) in [6, 6.07) is 9.18. The predicted octanol–water partition coefficient (Wildman–Crippen LogP) is 3.50. The van der Waals surface area contributed by atoms with E-state index in [1.165, 1.54) is 17.5 Å². The Balaban J connectivity index is 1.29. The van der Waals surface area contributed by atoms with E-state index in [4.69, 9.17) is 0 Å². The molecule has 5 rings (SSSR count). The maximum absolute atomic E-state index is 12.6. The monoisotopic (exact) mass is 366 g/mol. The van der Waals surface area contributed by atoms with Gasteiger partial charge in [0.25, 0.3) is 0 Å². The van der Waals surface area contributed by atoms with Crippen molar-refractivity contribution < 1.29 is 9.59 Å². The van der Waals surface area contributed by atoms with Gasteiger partial charge in [-0.25, -0.2) is 0 Å². The van der Waals surface area contributed by atoms with Gasteiger partial charge in [0.2, 0.25) is 11.8 Å². The van der Waals surface area contributed by atoms with E-state index in [1.807, 2.05) is 0 Å². The number of carbonyl (C=O) groups is 2. The van der Waals surface area contributed by atoms with Gasteiger partial charge in [0.15, 0.2) is 0 Å². The molecule has 2 saturated carbocycles. The first-order valence-corrected chi connectivity index (χ1v) is 10.8. The molecule has 0 bridgehead atoms. The molecule has 1 N–H and O–H groups in total. The molecule has 27 heavy (non-hydrogen) atoms. The molecule has 3 fully saturated rings. The zero-order valence-corrected chi connectivity index (χ0v) is 16.1. The molecule has 3 aliphatic carbocycles. The Labute approximate surface area is 161 Å². The minimum absolute atomic E-state index is 0.164. The van der Waals surface area contributed by atoms with Crippen LogP contribution in [0, 0.1) is 5.92 Å². The molecule has 1 saturated heterocycles. The summed E-state index contributed by atoms with van der Waals surface area (Å²) in [5.74, 6) is 1.23. The summed E-state index contributed by atoms with van der Waals surface area (Å²) in [5.41, 5.74) is 2.99. The van der Waals surface area contributed by atoms with Crippen LogP contribution in [0.15, 0.2) is 24.3 Å².